The minimum atomic E-state index is -0.352. The number of rotatable bonds is 4. The Bertz CT molecular complexity index is 397. The number of hydrogen-bond donors (Lipinski definition) is 1. The Morgan fingerprint density at radius 1 is 1.05 bits per heavy atom. The molecule has 0 radical (unpaired) electrons. The Morgan fingerprint density at radius 3 is 2.30 bits per heavy atom. The topological polar surface area (TPSA) is 46.3 Å². The number of carbonyl (C=O) groups is 1. The third-order valence-corrected chi connectivity index (χ3v) is 4.07. The second-order valence-corrected chi connectivity index (χ2v) is 5.72. The molecule has 2 rings (SSSR count). The second kappa shape index (κ2) is 8.05. The van der Waals surface area contributed by atoms with Crippen molar-refractivity contribution < 1.29 is 4.79 Å². The van der Waals surface area contributed by atoms with Crippen LogP contribution in [0, 0.1) is 0 Å². The number of aryl methyl sites for hydroxylation is 1. The highest BCUT2D eigenvalue weighted by Crippen LogP contribution is 2.12. The Balaban J connectivity index is 1.81. The first-order chi connectivity index (χ1) is 9.77. The molecule has 0 aromatic heterocycles. The normalized spacial score (nSPS) is 18.1. The average Bonchev–Trinajstić information content (AvgIpc) is 2.45. The summed E-state index contributed by atoms with van der Waals surface area (Å²) in [5.74, 6) is 0.142. The lowest BCUT2D eigenvalue weighted by Gasteiger charge is -2.27. The molecule has 1 unspecified atom stereocenters. The van der Waals surface area contributed by atoms with E-state index in [1.807, 2.05) is 23.1 Å². The smallest absolute Gasteiger partial charge is 0.239 e. The number of benzene rings is 1. The van der Waals surface area contributed by atoms with E-state index in [0.717, 1.165) is 38.8 Å². The molecule has 0 aliphatic carbocycles. The molecule has 2 N–H and O–H groups in total. The van der Waals surface area contributed by atoms with E-state index in [0.29, 0.717) is 0 Å². The highest BCUT2D eigenvalue weighted by molar-refractivity contribution is 5.81. The van der Waals surface area contributed by atoms with Gasteiger partial charge < -0.3 is 10.6 Å². The van der Waals surface area contributed by atoms with Crippen LogP contribution < -0.4 is 5.73 Å². The summed E-state index contributed by atoms with van der Waals surface area (Å²) in [6.45, 7) is 1.77. The first-order valence-corrected chi connectivity index (χ1v) is 7.85. The van der Waals surface area contributed by atoms with Gasteiger partial charge in [0, 0.05) is 13.1 Å². The SMILES string of the molecule is NC(CCc1ccccc1)C(=O)N1CCCCCCC1. The minimum Gasteiger partial charge on any atom is -0.341 e. The summed E-state index contributed by atoms with van der Waals surface area (Å²) in [5, 5.41) is 0. The molecular weight excluding hydrogens is 248 g/mol. The Hall–Kier alpha value is -1.35. The van der Waals surface area contributed by atoms with Gasteiger partial charge in [-0.3, -0.25) is 4.79 Å². The van der Waals surface area contributed by atoms with Gasteiger partial charge in [0.15, 0.2) is 0 Å². The number of nitrogens with two attached hydrogens (primary N) is 1. The van der Waals surface area contributed by atoms with Crippen molar-refractivity contribution in [1.29, 1.82) is 0 Å². The van der Waals surface area contributed by atoms with Gasteiger partial charge in [-0.1, -0.05) is 49.6 Å². The van der Waals surface area contributed by atoms with Gasteiger partial charge in [0.2, 0.25) is 5.91 Å². The number of carbonyl (C=O) groups excluding carboxylic acids is 1. The molecule has 1 atom stereocenters. The first kappa shape index (κ1) is 15.0. The van der Waals surface area contributed by atoms with Crippen LogP contribution >= 0.6 is 0 Å². The average molecular weight is 274 g/mol. The second-order valence-electron chi connectivity index (χ2n) is 5.72. The zero-order valence-electron chi connectivity index (χ0n) is 12.3. The van der Waals surface area contributed by atoms with Gasteiger partial charge in [-0.15, -0.1) is 0 Å². The van der Waals surface area contributed by atoms with Crippen LogP contribution in [0.15, 0.2) is 30.3 Å². The van der Waals surface area contributed by atoms with Gasteiger partial charge in [-0.2, -0.15) is 0 Å². The molecule has 0 spiro atoms. The number of likely N-dealkylation sites (tertiary alicyclic amines) is 1. The fourth-order valence-electron chi connectivity index (χ4n) is 2.79. The maximum absolute atomic E-state index is 12.4. The molecule has 3 nitrogen and oxygen atoms in total. The Labute approximate surface area is 122 Å². The van der Waals surface area contributed by atoms with Gasteiger partial charge in [-0.05, 0) is 31.2 Å². The predicted molar refractivity (Wildman–Crippen MR) is 82.4 cm³/mol. The van der Waals surface area contributed by atoms with Crippen molar-refractivity contribution in [2.45, 2.75) is 51.0 Å². The van der Waals surface area contributed by atoms with Crippen LogP contribution in [0.5, 0.6) is 0 Å². The van der Waals surface area contributed by atoms with Crippen molar-refractivity contribution in [3.05, 3.63) is 35.9 Å². The predicted octanol–water partition coefficient (Wildman–Crippen LogP) is 2.74. The minimum absolute atomic E-state index is 0.142. The number of amides is 1. The monoisotopic (exact) mass is 274 g/mol. The van der Waals surface area contributed by atoms with Crippen LogP contribution in [0.2, 0.25) is 0 Å². The van der Waals surface area contributed by atoms with Gasteiger partial charge in [0.05, 0.1) is 6.04 Å². The molecule has 1 heterocycles. The molecule has 1 aliphatic rings. The third-order valence-electron chi connectivity index (χ3n) is 4.07. The van der Waals surface area contributed by atoms with Crippen molar-refractivity contribution in [3.8, 4) is 0 Å². The number of hydrogen-bond acceptors (Lipinski definition) is 2. The summed E-state index contributed by atoms with van der Waals surface area (Å²) >= 11 is 0. The summed E-state index contributed by atoms with van der Waals surface area (Å²) in [5.41, 5.74) is 7.35. The van der Waals surface area contributed by atoms with Gasteiger partial charge >= 0.3 is 0 Å². The van der Waals surface area contributed by atoms with Gasteiger partial charge in [0.25, 0.3) is 0 Å². The van der Waals surface area contributed by atoms with E-state index >= 15 is 0 Å². The molecular formula is C17H26N2O. The van der Waals surface area contributed by atoms with E-state index in [1.54, 1.807) is 0 Å². The van der Waals surface area contributed by atoms with E-state index in [9.17, 15) is 4.79 Å². The summed E-state index contributed by atoms with van der Waals surface area (Å²) < 4.78 is 0. The highest BCUT2D eigenvalue weighted by atomic mass is 16.2. The molecule has 3 heteroatoms. The lowest BCUT2D eigenvalue weighted by Crippen LogP contribution is -2.45. The molecule has 110 valence electrons. The summed E-state index contributed by atoms with van der Waals surface area (Å²) in [6, 6.07) is 9.90. The summed E-state index contributed by atoms with van der Waals surface area (Å²) in [6.07, 6.45) is 7.64. The summed E-state index contributed by atoms with van der Waals surface area (Å²) in [7, 11) is 0. The van der Waals surface area contributed by atoms with Crippen molar-refractivity contribution in [1.82, 2.24) is 4.90 Å². The van der Waals surface area contributed by atoms with Crippen LogP contribution in [0.25, 0.3) is 0 Å². The van der Waals surface area contributed by atoms with E-state index < -0.39 is 0 Å². The standard InChI is InChI=1S/C17H26N2O/c18-16(12-11-15-9-5-4-6-10-15)17(20)19-13-7-2-1-3-8-14-19/h4-6,9-10,16H,1-3,7-8,11-14,18H2. The maximum atomic E-state index is 12.4. The molecule has 1 aromatic carbocycles. The lowest BCUT2D eigenvalue weighted by atomic mass is 10.0. The van der Waals surface area contributed by atoms with Gasteiger partial charge in [0.1, 0.15) is 0 Å². The summed E-state index contributed by atoms with van der Waals surface area (Å²) in [4.78, 5) is 14.4. The molecule has 20 heavy (non-hydrogen) atoms. The van der Waals surface area contributed by atoms with Crippen molar-refractivity contribution in [3.63, 3.8) is 0 Å². The van der Waals surface area contributed by atoms with Crippen LogP contribution in [0.1, 0.15) is 44.1 Å². The zero-order valence-corrected chi connectivity index (χ0v) is 12.3. The van der Waals surface area contributed by atoms with E-state index in [2.05, 4.69) is 12.1 Å². The third kappa shape index (κ3) is 4.64. The molecule has 1 saturated heterocycles. The fraction of sp³-hybridized carbons (Fsp3) is 0.588. The van der Waals surface area contributed by atoms with Crippen molar-refractivity contribution in [2.75, 3.05) is 13.1 Å². The zero-order chi connectivity index (χ0) is 14.2. The van der Waals surface area contributed by atoms with Crippen LogP contribution in [-0.2, 0) is 11.2 Å². The fourth-order valence-corrected chi connectivity index (χ4v) is 2.79. The highest BCUT2D eigenvalue weighted by Gasteiger charge is 2.21. The molecule has 0 bridgehead atoms. The maximum Gasteiger partial charge on any atom is 0.239 e. The molecule has 1 aliphatic heterocycles. The van der Waals surface area contributed by atoms with E-state index in [4.69, 9.17) is 5.73 Å². The largest absolute Gasteiger partial charge is 0.341 e. The van der Waals surface area contributed by atoms with Gasteiger partial charge in [-0.25, -0.2) is 0 Å². The lowest BCUT2D eigenvalue weighted by molar-refractivity contribution is -0.133. The Kier molecular flexibility index (Phi) is 6.06. The quantitative estimate of drug-likeness (QED) is 0.917. The van der Waals surface area contributed by atoms with Crippen LogP contribution in [0.4, 0.5) is 0 Å². The van der Waals surface area contributed by atoms with E-state index in [-0.39, 0.29) is 11.9 Å². The van der Waals surface area contributed by atoms with Crippen LogP contribution in [0.3, 0.4) is 0 Å². The van der Waals surface area contributed by atoms with Crippen LogP contribution in [-0.4, -0.2) is 29.9 Å². The van der Waals surface area contributed by atoms with E-state index in [1.165, 1.54) is 24.8 Å². The van der Waals surface area contributed by atoms with Crippen molar-refractivity contribution >= 4 is 5.91 Å². The molecule has 1 fully saturated rings. The first-order valence-electron chi connectivity index (χ1n) is 7.85. The number of nitrogens with zero attached hydrogens (tertiary/aromatic N) is 1. The van der Waals surface area contributed by atoms with Crippen molar-refractivity contribution in [2.24, 2.45) is 5.73 Å². The molecule has 1 aromatic rings. The Morgan fingerprint density at radius 2 is 1.65 bits per heavy atom. The molecule has 1 amide bonds. The molecule has 0 saturated carbocycles.